The number of halogens is 1. The summed E-state index contributed by atoms with van der Waals surface area (Å²) in [5, 5.41) is 5.96. The predicted molar refractivity (Wildman–Crippen MR) is 95.1 cm³/mol. The molecule has 1 aromatic carbocycles. The summed E-state index contributed by atoms with van der Waals surface area (Å²) in [6.45, 7) is 3.19. The Morgan fingerprint density at radius 3 is 2.57 bits per heavy atom. The molecule has 0 bridgehead atoms. The van der Waals surface area contributed by atoms with Crippen molar-refractivity contribution in [2.24, 2.45) is 0 Å². The summed E-state index contributed by atoms with van der Waals surface area (Å²) in [5.74, 6) is 0.210. The van der Waals surface area contributed by atoms with E-state index in [2.05, 4.69) is 36.5 Å². The Morgan fingerprint density at radius 1 is 1.22 bits per heavy atom. The summed E-state index contributed by atoms with van der Waals surface area (Å²) in [5.41, 5.74) is 1.95. The highest BCUT2D eigenvalue weighted by Crippen LogP contribution is 2.17. The Labute approximate surface area is 144 Å². The van der Waals surface area contributed by atoms with Gasteiger partial charge in [-0.3, -0.25) is 4.79 Å². The van der Waals surface area contributed by atoms with Crippen LogP contribution in [0.25, 0.3) is 0 Å². The van der Waals surface area contributed by atoms with Gasteiger partial charge in [-0.2, -0.15) is 0 Å². The fourth-order valence-corrected chi connectivity index (χ4v) is 2.15. The number of aryl methyl sites for hydroxylation is 1. The standard InChI is InChI=1S/C16H20BrN5O/c1-11-10-14(15(23)18-8-9-22(2)3)21-16(19-11)20-13-6-4-12(17)5-7-13/h4-7,10H,8-9H2,1-3H3,(H,18,23)(H,19,20,21). The fraction of sp³-hybridized carbons (Fsp3) is 0.312. The Kier molecular flexibility index (Phi) is 6.06. The van der Waals surface area contributed by atoms with Gasteiger partial charge in [-0.1, -0.05) is 15.9 Å². The molecule has 7 heteroatoms. The molecule has 2 aromatic rings. The Morgan fingerprint density at radius 2 is 1.91 bits per heavy atom. The van der Waals surface area contributed by atoms with Crippen LogP contribution in [0, 0.1) is 6.92 Å². The van der Waals surface area contributed by atoms with E-state index in [-0.39, 0.29) is 5.91 Å². The number of nitrogens with zero attached hydrogens (tertiary/aromatic N) is 3. The smallest absolute Gasteiger partial charge is 0.270 e. The van der Waals surface area contributed by atoms with E-state index in [0.29, 0.717) is 18.2 Å². The van der Waals surface area contributed by atoms with Gasteiger partial charge in [-0.15, -0.1) is 0 Å². The molecular weight excluding hydrogens is 358 g/mol. The van der Waals surface area contributed by atoms with E-state index in [9.17, 15) is 4.79 Å². The lowest BCUT2D eigenvalue weighted by Crippen LogP contribution is -2.32. The molecule has 0 saturated heterocycles. The van der Waals surface area contributed by atoms with Crippen LogP contribution in [0.5, 0.6) is 0 Å². The van der Waals surface area contributed by atoms with Gasteiger partial charge < -0.3 is 15.5 Å². The van der Waals surface area contributed by atoms with E-state index in [1.807, 2.05) is 50.2 Å². The SMILES string of the molecule is Cc1cc(C(=O)NCCN(C)C)nc(Nc2ccc(Br)cc2)n1. The van der Waals surface area contributed by atoms with Crippen LogP contribution in [-0.2, 0) is 0 Å². The first-order valence-electron chi connectivity index (χ1n) is 7.25. The number of carbonyl (C=O) groups is 1. The lowest BCUT2D eigenvalue weighted by molar-refractivity contribution is 0.0946. The summed E-state index contributed by atoms with van der Waals surface area (Å²) < 4.78 is 0.995. The molecule has 0 aliphatic rings. The number of likely N-dealkylation sites (N-methyl/N-ethyl adjacent to an activating group) is 1. The van der Waals surface area contributed by atoms with Gasteiger partial charge in [0.25, 0.3) is 5.91 Å². The Balaban J connectivity index is 2.08. The van der Waals surface area contributed by atoms with Gasteiger partial charge in [-0.25, -0.2) is 9.97 Å². The molecule has 0 aliphatic heterocycles. The number of nitrogens with one attached hydrogen (secondary N) is 2. The second-order valence-corrected chi connectivity index (χ2v) is 6.32. The molecule has 0 atom stereocenters. The third-order valence-electron chi connectivity index (χ3n) is 3.03. The highest BCUT2D eigenvalue weighted by atomic mass is 79.9. The van der Waals surface area contributed by atoms with Crippen molar-refractivity contribution >= 4 is 33.5 Å². The first kappa shape index (κ1) is 17.4. The van der Waals surface area contributed by atoms with Crippen LogP contribution < -0.4 is 10.6 Å². The molecule has 23 heavy (non-hydrogen) atoms. The third kappa shape index (κ3) is 5.61. The van der Waals surface area contributed by atoms with E-state index >= 15 is 0 Å². The molecule has 2 rings (SSSR count). The largest absolute Gasteiger partial charge is 0.349 e. The molecule has 0 fully saturated rings. The van der Waals surface area contributed by atoms with Gasteiger partial charge >= 0.3 is 0 Å². The molecule has 2 N–H and O–H groups in total. The number of amides is 1. The first-order chi connectivity index (χ1) is 10.9. The van der Waals surface area contributed by atoms with Crippen molar-refractivity contribution in [3.05, 3.63) is 46.2 Å². The molecule has 0 radical (unpaired) electrons. The monoisotopic (exact) mass is 377 g/mol. The van der Waals surface area contributed by atoms with E-state index in [1.165, 1.54) is 0 Å². The van der Waals surface area contributed by atoms with Gasteiger partial charge in [-0.05, 0) is 51.4 Å². The molecule has 0 saturated carbocycles. The Bertz CT molecular complexity index is 673. The van der Waals surface area contributed by atoms with Crippen molar-refractivity contribution in [1.82, 2.24) is 20.2 Å². The predicted octanol–water partition coefficient (Wildman–Crippen LogP) is 2.58. The van der Waals surface area contributed by atoms with Crippen LogP contribution in [0.4, 0.5) is 11.6 Å². The Hall–Kier alpha value is -1.99. The van der Waals surface area contributed by atoms with Crippen molar-refractivity contribution in [2.45, 2.75) is 6.92 Å². The van der Waals surface area contributed by atoms with Crippen LogP contribution >= 0.6 is 15.9 Å². The van der Waals surface area contributed by atoms with E-state index in [1.54, 1.807) is 6.07 Å². The maximum Gasteiger partial charge on any atom is 0.270 e. The second-order valence-electron chi connectivity index (χ2n) is 5.41. The summed E-state index contributed by atoms with van der Waals surface area (Å²) >= 11 is 3.39. The summed E-state index contributed by atoms with van der Waals surface area (Å²) in [6, 6.07) is 9.34. The van der Waals surface area contributed by atoms with Crippen LogP contribution in [0.2, 0.25) is 0 Å². The van der Waals surface area contributed by atoms with Crippen LogP contribution in [0.3, 0.4) is 0 Å². The van der Waals surface area contributed by atoms with Crippen molar-refractivity contribution in [2.75, 3.05) is 32.5 Å². The summed E-state index contributed by atoms with van der Waals surface area (Å²) in [7, 11) is 3.92. The number of aromatic nitrogens is 2. The van der Waals surface area contributed by atoms with Gasteiger partial charge in [0.2, 0.25) is 5.95 Å². The normalized spacial score (nSPS) is 10.7. The average molecular weight is 378 g/mol. The van der Waals surface area contributed by atoms with Gasteiger partial charge in [0.15, 0.2) is 0 Å². The second kappa shape index (κ2) is 8.03. The van der Waals surface area contributed by atoms with Crippen molar-refractivity contribution in [1.29, 1.82) is 0 Å². The average Bonchev–Trinajstić information content (AvgIpc) is 2.48. The number of hydrogen-bond donors (Lipinski definition) is 2. The number of rotatable bonds is 6. The zero-order valence-electron chi connectivity index (χ0n) is 13.4. The molecule has 6 nitrogen and oxygen atoms in total. The minimum Gasteiger partial charge on any atom is -0.349 e. The minimum absolute atomic E-state index is 0.198. The van der Waals surface area contributed by atoms with Crippen molar-refractivity contribution < 1.29 is 4.79 Å². The van der Waals surface area contributed by atoms with Gasteiger partial charge in [0.1, 0.15) is 5.69 Å². The van der Waals surface area contributed by atoms with Gasteiger partial charge in [0, 0.05) is 28.9 Å². The summed E-state index contributed by atoms with van der Waals surface area (Å²) in [4.78, 5) is 22.8. The van der Waals surface area contributed by atoms with E-state index in [4.69, 9.17) is 0 Å². The van der Waals surface area contributed by atoms with Crippen LogP contribution in [0.15, 0.2) is 34.8 Å². The lowest BCUT2D eigenvalue weighted by Gasteiger charge is -2.11. The highest BCUT2D eigenvalue weighted by Gasteiger charge is 2.10. The zero-order valence-corrected chi connectivity index (χ0v) is 15.0. The third-order valence-corrected chi connectivity index (χ3v) is 3.56. The molecule has 0 spiro atoms. The zero-order chi connectivity index (χ0) is 16.8. The first-order valence-corrected chi connectivity index (χ1v) is 8.04. The molecule has 0 aliphatic carbocycles. The van der Waals surface area contributed by atoms with Gasteiger partial charge in [0.05, 0.1) is 0 Å². The number of benzene rings is 1. The van der Waals surface area contributed by atoms with Crippen molar-refractivity contribution in [3.8, 4) is 0 Å². The molecule has 122 valence electrons. The number of anilines is 2. The van der Waals surface area contributed by atoms with E-state index < -0.39 is 0 Å². The molecular formula is C16H20BrN5O. The lowest BCUT2D eigenvalue weighted by atomic mass is 10.3. The highest BCUT2D eigenvalue weighted by molar-refractivity contribution is 9.10. The quantitative estimate of drug-likeness (QED) is 0.809. The van der Waals surface area contributed by atoms with Crippen LogP contribution in [0.1, 0.15) is 16.2 Å². The number of carbonyl (C=O) groups excluding carboxylic acids is 1. The summed E-state index contributed by atoms with van der Waals surface area (Å²) in [6.07, 6.45) is 0. The maximum atomic E-state index is 12.2. The number of hydrogen-bond acceptors (Lipinski definition) is 5. The van der Waals surface area contributed by atoms with E-state index in [0.717, 1.165) is 22.4 Å². The molecule has 0 unspecified atom stereocenters. The van der Waals surface area contributed by atoms with Crippen LogP contribution in [-0.4, -0.2) is 48.0 Å². The minimum atomic E-state index is -0.198. The molecule has 1 aromatic heterocycles. The topological polar surface area (TPSA) is 70.2 Å². The maximum absolute atomic E-state index is 12.2. The van der Waals surface area contributed by atoms with Crippen molar-refractivity contribution in [3.63, 3.8) is 0 Å². The molecule has 1 heterocycles. The fourth-order valence-electron chi connectivity index (χ4n) is 1.89. The molecule has 1 amide bonds.